The van der Waals surface area contributed by atoms with Gasteiger partial charge in [-0.05, 0) is 51.0 Å². The highest BCUT2D eigenvalue weighted by Gasteiger charge is 2.33. The van der Waals surface area contributed by atoms with Gasteiger partial charge in [0, 0.05) is 37.9 Å². The predicted octanol–water partition coefficient (Wildman–Crippen LogP) is 2.07. The molecule has 1 saturated heterocycles. The van der Waals surface area contributed by atoms with Gasteiger partial charge in [-0.3, -0.25) is 4.90 Å². The second-order valence-corrected chi connectivity index (χ2v) is 7.03. The van der Waals surface area contributed by atoms with E-state index in [1.54, 1.807) is 0 Å². The van der Waals surface area contributed by atoms with E-state index in [0.717, 1.165) is 39.0 Å². The summed E-state index contributed by atoms with van der Waals surface area (Å²) in [6.07, 6.45) is 1.96. The summed E-state index contributed by atoms with van der Waals surface area (Å²) in [7, 11) is 6.19. The SMILES string of the molecule is CN(C)C[C@]1(O)CCCN(Cc2cc3ccccc3n2C)C1. The van der Waals surface area contributed by atoms with Crippen molar-refractivity contribution in [3.05, 3.63) is 36.0 Å². The normalized spacial score (nSPS) is 23.5. The monoisotopic (exact) mass is 301 g/mol. The number of likely N-dealkylation sites (tertiary alicyclic amines) is 1. The van der Waals surface area contributed by atoms with Crippen LogP contribution in [0, 0.1) is 0 Å². The standard InChI is InChI=1S/C18H27N3O/c1-19(2)13-18(22)9-6-10-21(14-18)12-16-11-15-7-4-5-8-17(15)20(16)3/h4-5,7-8,11,22H,6,9-10,12-14H2,1-3H3/t18-/m1/s1. The van der Waals surface area contributed by atoms with Crippen molar-refractivity contribution in [2.45, 2.75) is 25.0 Å². The van der Waals surface area contributed by atoms with Crippen LogP contribution in [-0.4, -0.2) is 58.8 Å². The Kier molecular flexibility index (Phi) is 4.26. The van der Waals surface area contributed by atoms with Crippen molar-refractivity contribution in [2.75, 3.05) is 33.7 Å². The van der Waals surface area contributed by atoms with Gasteiger partial charge >= 0.3 is 0 Å². The Morgan fingerprint density at radius 3 is 2.77 bits per heavy atom. The summed E-state index contributed by atoms with van der Waals surface area (Å²) >= 11 is 0. The molecule has 2 heterocycles. The lowest BCUT2D eigenvalue weighted by molar-refractivity contribution is -0.0483. The van der Waals surface area contributed by atoms with Crippen molar-refractivity contribution in [3.63, 3.8) is 0 Å². The zero-order valence-electron chi connectivity index (χ0n) is 13.9. The maximum absolute atomic E-state index is 10.8. The molecule has 1 atom stereocenters. The van der Waals surface area contributed by atoms with Gasteiger partial charge in [0.2, 0.25) is 0 Å². The second-order valence-electron chi connectivity index (χ2n) is 7.03. The zero-order chi connectivity index (χ0) is 15.7. The molecule has 4 heteroatoms. The van der Waals surface area contributed by atoms with Crippen LogP contribution in [0.15, 0.2) is 30.3 Å². The number of likely N-dealkylation sites (N-methyl/N-ethyl adjacent to an activating group) is 1. The fourth-order valence-electron chi connectivity index (χ4n) is 3.79. The number of piperidine rings is 1. The third-order valence-electron chi connectivity index (χ3n) is 4.68. The van der Waals surface area contributed by atoms with Gasteiger partial charge in [-0.2, -0.15) is 0 Å². The Labute approximate surface area is 132 Å². The van der Waals surface area contributed by atoms with Gasteiger partial charge < -0.3 is 14.6 Å². The molecule has 0 spiro atoms. The highest BCUT2D eigenvalue weighted by atomic mass is 16.3. The minimum atomic E-state index is -0.577. The fourth-order valence-corrected chi connectivity index (χ4v) is 3.79. The smallest absolute Gasteiger partial charge is 0.0900 e. The number of para-hydroxylation sites is 1. The molecule has 0 aliphatic carbocycles. The van der Waals surface area contributed by atoms with Crippen molar-refractivity contribution in [2.24, 2.45) is 7.05 Å². The number of rotatable bonds is 4. The number of hydrogen-bond acceptors (Lipinski definition) is 3. The molecule has 1 fully saturated rings. The molecule has 0 bridgehead atoms. The minimum absolute atomic E-state index is 0.577. The molecular formula is C18H27N3O. The summed E-state index contributed by atoms with van der Waals surface area (Å²) in [4.78, 5) is 4.47. The van der Waals surface area contributed by atoms with Crippen LogP contribution < -0.4 is 0 Å². The number of nitrogens with zero attached hydrogens (tertiary/aromatic N) is 3. The van der Waals surface area contributed by atoms with E-state index in [2.05, 4.69) is 51.7 Å². The van der Waals surface area contributed by atoms with Gasteiger partial charge in [-0.15, -0.1) is 0 Å². The summed E-state index contributed by atoms with van der Waals surface area (Å²) in [5.74, 6) is 0. The van der Waals surface area contributed by atoms with Gasteiger partial charge in [0.1, 0.15) is 0 Å². The van der Waals surface area contributed by atoms with Crippen molar-refractivity contribution in [1.82, 2.24) is 14.4 Å². The first-order chi connectivity index (χ1) is 10.5. The average Bonchev–Trinajstić information content (AvgIpc) is 2.75. The molecule has 0 radical (unpaired) electrons. The average molecular weight is 301 g/mol. The largest absolute Gasteiger partial charge is 0.387 e. The van der Waals surface area contributed by atoms with E-state index in [9.17, 15) is 5.11 Å². The first kappa shape index (κ1) is 15.5. The number of aliphatic hydroxyl groups is 1. The summed E-state index contributed by atoms with van der Waals surface area (Å²) < 4.78 is 2.27. The number of aryl methyl sites for hydroxylation is 1. The van der Waals surface area contributed by atoms with Crippen LogP contribution in [0.5, 0.6) is 0 Å². The molecule has 120 valence electrons. The van der Waals surface area contributed by atoms with E-state index in [4.69, 9.17) is 0 Å². The van der Waals surface area contributed by atoms with Gasteiger partial charge in [0.05, 0.1) is 5.60 Å². The van der Waals surface area contributed by atoms with E-state index >= 15 is 0 Å². The van der Waals surface area contributed by atoms with E-state index in [1.165, 1.54) is 16.6 Å². The van der Waals surface area contributed by atoms with Gasteiger partial charge in [0.25, 0.3) is 0 Å². The number of fused-ring (bicyclic) bond motifs is 1. The van der Waals surface area contributed by atoms with Crippen LogP contribution in [0.4, 0.5) is 0 Å². The number of β-amino-alcohol motifs (C(OH)–C–C–N with tert-alkyl or cyclic N) is 1. The van der Waals surface area contributed by atoms with Crippen LogP contribution >= 0.6 is 0 Å². The third-order valence-corrected chi connectivity index (χ3v) is 4.68. The molecule has 1 aromatic carbocycles. The molecule has 4 nitrogen and oxygen atoms in total. The van der Waals surface area contributed by atoms with E-state index in [-0.39, 0.29) is 0 Å². The molecule has 1 aromatic heterocycles. The second kappa shape index (κ2) is 6.03. The van der Waals surface area contributed by atoms with E-state index < -0.39 is 5.60 Å². The Morgan fingerprint density at radius 2 is 2.05 bits per heavy atom. The third kappa shape index (κ3) is 3.19. The highest BCUT2D eigenvalue weighted by molar-refractivity contribution is 5.81. The van der Waals surface area contributed by atoms with Gasteiger partial charge in [0.15, 0.2) is 0 Å². The predicted molar refractivity (Wildman–Crippen MR) is 90.9 cm³/mol. The zero-order valence-corrected chi connectivity index (χ0v) is 13.9. The lowest BCUT2D eigenvalue weighted by Crippen LogP contribution is -2.52. The topological polar surface area (TPSA) is 31.6 Å². The van der Waals surface area contributed by atoms with Crippen molar-refractivity contribution < 1.29 is 5.11 Å². The van der Waals surface area contributed by atoms with Crippen LogP contribution in [0.3, 0.4) is 0 Å². The molecule has 2 aromatic rings. The van der Waals surface area contributed by atoms with Crippen LogP contribution in [-0.2, 0) is 13.6 Å². The summed E-state index contributed by atoms with van der Waals surface area (Å²) in [5.41, 5.74) is 2.01. The summed E-state index contributed by atoms with van der Waals surface area (Å²) in [6, 6.07) is 10.8. The first-order valence-electron chi connectivity index (χ1n) is 8.10. The summed E-state index contributed by atoms with van der Waals surface area (Å²) in [5, 5.41) is 12.1. The molecular weight excluding hydrogens is 274 g/mol. The van der Waals surface area contributed by atoms with Crippen molar-refractivity contribution in [1.29, 1.82) is 0 Å². The maximum Gasteiger partial charge on any atom is 0.0900 e. The Balaban J connectivity index is 1.75. The number of hydrogen-bond donors (Lipinski definition) is 1. The van der Waals surface area contributed by atoms with Gasteiger partial charge in [-0.25, -0.2) is 0 Å². The molecule has 0 saturated carbocycles. The molecule has 22 heavy (non-hydrogen) atoms. The Bertz CT molecular complexity index is 649. The van der Waals surface area contributed by atoms with Crippen LogP contribution in [0.1, 0.15) is 18.5 Å². The van der Waals surface area contributed by atoms with Crippen molar-refractivity contribution >= 4 is 10.9 Å². The highest BCUT2D eigenvalue weighted by Crippen LogP contribution is 2.25. The number of aromatic nitrogens is 1. The van der Waals surface area contributed by atoms with E-state index in [0.29, 0.717) is 0 Å². The fraction of sp³-hybridized carbons (Fsp3) is 0.556. The molecule has 0 unspecified atom stereocenters. The molecule has 3 rings (SSSR count). The first-order valence-corrected chi connectivity index (χ1v) is 8.10. The Hall–Kier alpha value is -1.36. The number of benzene rings is 1. The van der Waals surface area contributed by atoms with Crippen molar-refractivity contribution in [3.8, 4) is 0 Å². The quantitative estimate of drug-likeness (QED) is 0.938. The lowest BCUT2D eigenvalue weighted by atomic mass is 9.92. The molecule has 1 N–H and O–H groups in total. The molecule has 1 aliphatic heterocycles. The minimum Gasteiger partial charge on any atom is -0.387 e. The molecule has 1 aliphatic rings. The lowest BCUT2D eigenvalue weighted by Gasteiger charge is -2.40. The maximum atomic E-state index is 10.8. The van der Waals surface area contributed by atoms with E-state index in [1.807, 2.05) is 14.1 Å². The van der Waals surface area contributed by atoms with Crippen LogP contribution in [0.25, 0.3) is 10.9 Å². The Morgan fingerprint density at radius 1 is 1.27 bits per heavy atom. The van der Waals surface area contributed by atoms with Crippen LogP contribution in [0.2, 0.25) is 0 Å². The summed E-state index contributed by atoms with van der Waals surface area (Å²) in [6.45, 7) is 3.46. The molecule has 0 amide bonds. The van der Waals surface area contributed by atoms with Gasteiger partial charge in [-0.1, -0.05) is 18.2 Å².